The molecule has 0 unspecified atom stereocenters. The smallest absolute Gasteiger partial charge is 0.325 e. The molecule has 2 aromatic carbocycles. The van der Waals surface area contributed by atoms with E-state index in [9.17, 15) is 23.6 Å². The van der Waals surface area contributed by atoms with Crippen LogP contribution in [0, 0.1) is 5.82 Å². The van der Waals surface area contributed by atoms with Crippen LogP contribution in [0.2, 0.25) is 5.02 Å². The Morgan fingerprint density at radius 2 is 1.86 bits per heavy atom. The lowest BCUT2D eigenvalue weighted by molar-refractivity contribution is -0.164. The van der Waals surface area contributed by atoms with Crippen molar-refractivity contribution in [3.05, 3.63) is 63.9 Å². The summed E-state index contributed by atoms with van der Waals surface area (Å²) in [6, 6.07) is 5.91. The van der Waals surface area contributed by atoms with Gasteiger partial charge in [-0.2, -0.15) is 0 Å². The van der Waals surface area contributed by atoms with E-state index in [0.717, 1.165) is 12.1 Å². The second-order valence-corrected chi connectivity index (χ2v) is 9.42. The van der Waals surface area contributed by atoms with Crippen LogP contribution in [0.4, 0.5) is 4.39 Å². The number of amides is 2. The lowest BCUT2D eigenvalue weighted by atomic mass is 9.85. The van der Waals surface area contributed by atoms with Crippen LogP contribution in [0.25, 0.3) is 0 Å². The number of esters is 1. The Morgan fingerprint density at radius 3 is 2.49 bits per heavy atom. The highest BCUT2D eigenvalue weighted by molar-refractivity contribution is 6.31. The molecular weight excluding hydrogens is 509 g/mol. The van der Waals surface area contributed by atoms with Gasteiger partial charge < -0.3 is 30.9 Å². The number of aliphatic hydroxyl groups is 1. The molecule has 3 atom stereocenters. The third-order valence-electron chi connectivity index (χ3n) is 5.78. The highest BCUT2D eigenvalue weighted by Crippen LogP contribution is 2.42. The minimum Gasteiger partial charge on any atom is -0.484 e. The van der Waals surface area contributed by atoms with Crippen molar-refractivity contribution in [3.8, 4) is 5.75 Å². The first kappa shape index (κ1) is 28.0. The van der Waals surface area contributed by atoms with Crippen molar-refractivity contribution in [1.82, 2.24) is 10.6 Å². The number of hydrogen-bond donors (Lipinski definition) is 4. The van der Waals surface area contributed by atoms with Crippen LogP contribution in [0.3, 0.4) is 0 Å². The lowest BCUT2D eigenvalue weighted by Gasteiger charge is -2.44. The number of nitrogens with one attached hydrogen (secondary N) is 2. The molecule has 5 N–H and O–H groups in total. The highest BCUT2D eigenvalue weighted by Gasteiger charge is 2.47. The molecule has 0 spiro atoms. The number of rotatable bonds is 8. The molecule has 0 aromatic heterocycles. The molecule has 198 valence electrons. The number of halogens is 2. The Hall–Kier alpha value is -3.54. The molecule has 12 heteroatoms. The van der Waals surface area contributed by atoms with Gasteiger partial charge in [-0.05, 0) is 57.2 Å². The maximum absolute atomic E-state index is 13.6. The molecule has 0 aliphatic carbocycles. The predicted molar refractivity (Wildman–Crippen MR) is 131 cm³/mol. The third kappa shape index (κ3) is 6.43. The number of ketones is 1. The van der Waals surface area contributed by atoms with Gasteiger partial charge in [-0.25, -0.2) is 4.39 Å². The van der Waals surface area contributed by atoms with E-state index >= 15 is 0 Å². The quantitative estimate of drug-likeness (QED) is 0.294. The first-order chi connectivity index (χ1) is 17.3. The van der Waals surface area contributed by atoms with E-state index in [4.69, 9.17) is 31.9 Å². The van der Waals surface area contributed by atoms with Gasteiger partial charge in [0.05, 0.1) is 17.7 Å². The van der Waals surface area contributed by atoms with Crippen molar-refractivity contribution >= 4 is 35.2 Å². The zero-order chi connectivity index (χ0) is 27.5. The summed E-state index contributed by atoms with van der Waals surface area (Å²) >= 11 is 5.83. The average molecular weight is 536 g/mol. The van der Waals surface area contributed by atoms with Gasteiger partial charge in [0.2, 0.25) is 5.91 Å². The fourth-order valence-corrected chi connectivity index (χ4v) is 3.97. The van der Waals surface area contributed by atoms with Crippen LogP contribution in [0.5, 0.6) is 5.75 Å². The maximum Gasteiger partial charge on any atom is 0.325 e. The molecule has 1 aliphatic heterocycles. The molecule has 3 rings (SSSR count). The van der Waals surface area contributed by atoms with Crippen LogP contribution in [0.15, 0.2) is 36.4 Å². The minimum atomic E-state index is -1.21. The molecule has 0 radical (unpaired) electrons. The van der Waals surface area contributed by atoms with Crippen molar-refractivity contribution < 1.29 is 38.1 Å². The molecule has 37 heavy (non-hydrogen) atoms. The summed E-state index contributed by atoms with van der Waals surface area (Å²) in [5, 5.41) is 13.8. The molecule has 2 amide bonds. The Morgan fingerprint density at radius 1 is 1.19 bits per heavy atom. The number of ether oxygens (including phenoxy) is 2. The third-order valence-corrected chi connectivity index (χ3v) is 6.07. The summed E-state index contributed by atoms with van der Waals surface area (Å²) in [5.74, 6) is -2.85. The SMILES string of the molecule is CC(=O)c1ccc2c(c1)[C@H](NC(=O)c1ccc(F)c(Cl)c1)[C@H](OC(=O)CNC(=O)[C@@H](N)CO)C(C)(C)O2. The van der Waals surface area contributed by atoms with Crippen LogP contribution in [0.1, 0.15) is 53.1 Å². The Labute approximate surface area is 217 Å². The fourth-order valence-electron chi connectivity index (χ4n) is 3.79. The topological polar surface area (TPSA) is 157 Å². The van der Waals surface area contributed by atoms with E-state index in [0.29, 0.717) is 16.9 Å². The Balaban J connectivity index is 1.96. The van der Waals surface area contributed by atoms with Gasteiger partial charge in [-0.1, -0.05) is 11.6 Å². The van der Waals surface area contributed by atoms with Crippen LogP contribution < -0.4 is 21.1 Å². The summed E-state index contributed by atoms with van der Waals surface area (Å²) < 4.78 is 25.3. The standard InChI is InChI=1S/C25H27ClFN3O7/c1-12(32)13-5-7-19-15(8-13)21(30-23(34)14-4-6-17(27)16(26)9-14)22(25(2,3)37-19)36-20(33)10-29-24(35)18(28)11-31/h4-9,18,21-22,31H,10-11,28H2,1-3H3,(H,29,35)(H,30,34)/t18-,21-,22-/m0/s1. The van der Waals surface area contributed by atoms with E-state index in [1.807, 2.05) is 0 Å². The average Bonchev–Trinajstić information content (AvgIpc) is 2.84. The van der Waals surface area contributed by atoms with E-state index in [-0.39, 0.29) is 16.4 Å². The molecule has 0 saturated carbocycles. The Bertz CT molecular complexity index is 1240. The van der Waals surface area contributed by atoms with Crippen LogP contribution in [-0.4, -0.2) is 59.6 Å². The van der Waals surface area contributed by atoms with E-state index in [2.05, 4.69) is 10.6 Å². The molecular formula is C25H27ClFN3O7. The zero-order valence-electron chi connectivity index (χ0n) is 20.3. The van der Waals surface area contributed by atoms with E-state index < -0.39 is 60.5 Å². The van der Waals surface area contributed by atoms with Gasteiger partial charge in [0.25, 0.3) is 5.91 Å². The monoisotopic (exact) mass is 535 g/mol. The minimum absolute atomic E-state index is 0.0512. The van der Waals surface area contributed by atoms with Gasteiger partial charge in [-0.3, -0.25) is 19.2 Å². The first-order valence-electron chi connectivity index (χ1n) is 11.3. The fraction of sp³-hybridized carbons (Fsp3) is 0.360. The number of fused-ring (bicyclic) bond motifs is 1. The van der Waals surface area contributed by atoms with E-state index in [1.54, 1.807) is 26.0 Å². The number of hydrogen-bond acceptors (Lipinski definition) is 8. The molecule has 1 aliphatic rings. The maximum atomic E-state index is 13.6. The molecule has 2 aromatic rings. The number of Topliss-reactive ketones (excluding diaryl/α,β-unsaturated/α-hetero) is 1. The van der Waals surface area contributed by atoms with Gasteiger partial charge in [-0.15, -0.1) is 0 Å². The number of nitrogens with two attached hydrogens (primary N) is 1. The summed E-state index contributed by atoms with van der Waals surface area (Å²) in [4.78, 5) is 49.7. The number of carbonyl (C=O) groups excluding carboxylic acids is 4. The van der Waals surface area contributed by atoms with Gasteiger partial charge >= 0.3 is 5.97 Å². The summed E-state index contributed by atoms with van der Waals surface area (Å²) in [7, 11) is 0. The van der Waals surface area contributed by atoms with Crippen LogP contribution in [-0.2, 0) is 14.3 Å². The summed E-state index contributed by atoms with van der Waals surface area (Å²) in [6.07, 6.45) is -1.13. The van der Waals surface area contributed by atoms with Gasteiger partial charge in [0.1, 0.15) is 29.8 Å². The summed E-state index contributed by atoms with van der Waals surface area (Å²) in [6.45, 7) is 3.48. The Kier molecular flexibility index (Phi) is 8.52. The summed E-state index contributed by atoms with van der Waals surface area (Å²) in [5.41, 5.74) is 5.01. The number of benzene rings is 2. The van der Waals surface area contributed by atoms with E-state index in [1.165, 1.54) is 19.1 Å². The van der Waals surface area contributed by atoms with Crippen LogP contribution >= 0.6 is 11.6 Å². The van der Waals surface area contributed by atoms with Crippen molar-refractivity contribution in [2.75, 3.05) is 13.2 Å². The molecule has 0 bridgehead atoms. The van der Waals surface area contributed by atoms with Crippen molar-refractivity contribution in [3.63, 3.8) is 0 Å². The molecule has 10 nitrogen and oxygen atoms in total. The zero-order valence-corrected chi connectivity index (χ0v) is 21.1. The van der Waals surface area contributed by atoms with Crippen molar-refractivity contribution in [2.24, 2.45) is 5.73 Å². The lowest BCUT2D eigenvalue weighted by Crippen LogP contribution is -2.56. The normalized spacial score (nSPS) is 18.6. The van der Waals surface area contributed by atoms with Gasteiger partial charge in [0.15, 0.2) is 11.9 Å². The second-order valence-electron chi connectivity index (χ2n) is 9.01. The molecule has 0 fully saturated rings. The van der Waals surface area contributed by atoms with Gasteiger partial charge in [0, 0.05) is 16.7 Å². The van der Waals surface area contributed by atoms with Crippen molar-refractivity contribution in [1.29, 1.82) is 0 Å². The number of carbonyl (C=O) groups is 4. The van der Waals surface area contributed by atoms with Crippen molar-refractivity contribution in [2.45, 2.75) is 44.6 Å². The number of aliphatic hydroxyl groups excluding tert-OH is 1. The first-order valence-corrected chi connectivity index (χ1v) is 11.6. The largest absolute Gasteiger partial charge is 0.484 e. The predicted octanol–water partition coefficient (Wildman–Crippen LogP) is 1.67. The second kappa shape index (κ2) is 11.2. The molecule has 1 heterocycles. The molecule has 0 saturated heterocycles. The highest BCUT2D eigenvalue weighted by atomic mass is 35.5.